The fraction of sp³-hybridized carbons (Fsp3) is 0. The van der Waals surface area contributed by atoms with E-state index in [4.69, 9.17) is 19.4 Å². The van der Waals surface area contributed by atoms with E-state index in [1.165, 1.54) is 0 Å². The Balaban J connectivity index is 0.00000207. The molecule has 0 fully saturated rings. The zero-order chi connectivity index (χ0) is 34.4. The number of hydrogen-bond acceptors (Lipinski definition) is 8. The molecule has 0 aliphatic rings. The number of hydrogen-bond donors (Lipinski definition) is 0. The van der Waals surface area contributed by atoms with E-state index in [0.717, 1.165) is 32.8 Å². The van der Waals surface area contributed by atoms with E-state index in [0.29, 0.717) is 46.0 Å². The number of nitrogens with zero attached hydrogens (tertiary/aromatic N) is 10. The molecule has 2 aromatic carbocycles. The molecule has 0 unspecified atom stereocenters. The van der Waals surface area contributed by atoms with Crippen molar-refractivity contribution in [1.29, 1.82) is 0 Å². The molecule has 0 amide bonds. The predicted octanol–water partition coefficient (Wildman–Crippen LogP) is 7.46. The molecular formula is C40H22N10O2Pt2. The molecule has 54 heavy (non-hydrogen) atoms. The van der Waals surface area contributed by atoms with E-state index in [9.17, 15) is 0 Å². The van der Waals surface area contributed by atoms with Crippen LogP contribution >= 0.6 is 0 Å². The summed E-state index contributed by atoms with van der Waals surface area (Å²) >= 11 is 0. The van der Waals surface area contributed by atoms with Crippen LogP contribution < -0.4 is 9.47 Å². The molecule has 10 aromatic rings. The maximum absolute atomic E-state index is 6.29. The molecule has 0 aliphatic carbocycles. The Morgan fingerprint density at radius 3 is 1.35 bits per heavy atom. The van der Waals surface area contributed by atoms with Crippen LogP contribution in [0.1, 0.15) is 0 Å². The smallest absolute Gasteiger partial charge is 0.508 e. The van der Waals surface area contributed by atoms with Crippen LogP contribution in [0.4, 0.5) is 0 Å². The summed E-state index contributed by atoms with van der Waals surface area (Å²) in [5.41, 5.74) is 4.63. The van der Waals surface area contributed by atoms with Crippen molar-refractivity contribution in [1.82, 2.24) is 48.6 Å². The zero-order valence-corrected chi connectivity index (χ0v) is 32.2. The van der Waals surface area contributed by atoms with Gasteiger partial charge in [-0.05, 0) is 60.2 Å². The maximum atomic E-state index is 6.29. The molecule has 8 aromatic heterocycles. The van der Waals surface area contributed by atoms with Gasteiger partial charge in [0.25, 0.3) is 0 Å². The van der Waals surface area contributed by atoms with Gasteiger partial charge in [-0.3, -0.25) is 9.36 Å². The summed E-state index contributed by atoms with van der Waals surface area (Å²) in [6.45, 7) is 0. The van der Waals surface area contributed by atoms with Crippen LogP contribution in [0.2, 0.25) is 0 Å². The predicted molar refractivity (Wildman–Crippen MR) is 191 cm³/mol. The standard InChI is InChI=1S/C40H22N10O2.2Pt/c1-3-13-43-37(7-1)49-35-21-29(51-31-19-27(23-41-25-31)47-17-5-15-45-47)9-11-33(35)40-39(49)34-12-10-30(22-36(34)50(40)38-8-2-4-14-44-38)52-32-20-28(24-42-26-32)48-18-6-16-46-48;;/h1-18,23-26H;;/q-4;2*+2. The van der Waals surface area contributed by atoms with Gasteiger partial charge in [-0.2, -0.15) is 22.3 Å². The largest absolute Gasteiger partial charge is 2.00 e. The summed E-state index contributed by atoms with van der Waals surface area (Å²) in [5, 5.41) is 10.4. The molecule has 0 atom stereocenters. The first-order valence-corrected chi connectivity index (χ1v) is 16.2. The third-order valence-corrected chi connectivity index (χ3v) is 8.40. The second kappa shape index (κ2) is 14.7. The molecule has 0 radical (unpaired) electrons. The molecule has 0 N–H and O–H groups in total. The van der Waals surface area contributed by atoms with Gasteiger partial charge in [0.05, 0.1) is 0 Å². The molecular weight excluding hydrogens is 1040 g/mol. The minimum atomic E-state index is 0. The van der Waals surface area contributed by atoms with Crippen molar-refractivity contribution in [3.63, 3.8) is 0 Å². The van der Waals surface area contributed by atoms with Crippen LogP contribution in [0.5, 0.6) is 23.0 Å². The van der Waals surface area contributed by atoms with Gasteiger partial charge >= 0.3 is 42.1 Å². The Morgan fingerprint density at radius 1 is 0.463 bits per heavy atom. The Morgan fingerprint density at radius 2 is 0.944 bits per heavy atom. The first-order valence-electron chi connectivity index (χ1n) is 16.2. The number of fused-ring (bicyclic) bond motifs is 5. The number of aromatic nitrogens is 10. The first kappa shape index (κ1) is 34.8. The van der Waals surface area contributed by atoms with Crippen LogP contribution in [0.15, 0.2) is 135 Å². The molecule has 12 nitrogen and oxygen atoms in total. The molecule has 0 saturated carbocycles. The minimum Gasteiger partial charge on any atom is -0.508 e. The summed E-state index contributed by atoms with van der Waals surface area (Å²) in [7, 11) is 0. The van der Waals surface area contributed by atoms with Gasteiger partial charge in [0, 0.05) is 71.2 Å². The minimum absolute atomic E-state index is 0. The van der Waals surface area contributed by atoms with Crippen LogP contribution in [0.3, 0.4) is 0 Å². The van der Waals surface area contributed by atoms with Crippen molar-refractivity contribution in [2.75, 3.05) is 0 Å². The van der Waals surface area contributed by atoms with Gasteiger partial charge in [-0.15, -0.1) is 36.4 Å². The number of ether oxygens (including phenoxy) is 2. The second-order valence-corrected chi connectivity index (χ2v) is 11.6. The Kier molecular flexibility index (Phi) is 9.46. The Labute approximate surface area is 336 Å². The monoisotopic (exact) mass is 1060 g/mol. The molecule has 14 heteroatoms. The quantitative estimate of drug-likeness (QED) is 0.144. The summed E-state index contributed by atoms with van der Waals surface area (Å²) < 4.78 is 20.1. The number of pyridine rings is 4. The number of benzene rings is 2. The molecule has 264 valence electrons. The SMILES string of the molecule is [Pt+2].[Pt+2].[c-]1c(Oc2[c-]c3c(cc2)c2c(c4ccc(Oc5[c-]c(-n6cccn6)cnc5)[c-]c4n2-c2ccccn2)n3-c2ccccn2)cncc1-n1cccn1. The molecule has 0 spiro atoms. The van der Waals surface area contributed by atoms with Crippen LogP contribution in [0, 0.1) is 24.3 Å². The van der Waals surface area contributed by atoms with Gasteiger partial charge in [0.1, 0.15) is 11.6 Å². The van der Waals surface area contributed by atoms with Crippen molar-refractivity contribution in [3.8, 4) is 46.0 Å². The van der Waals surface area contributed by atoms with Crippen LogP contribution in [-0.4, -0.2) is 48.6 Å². The fourth-order valence-electron chi connectivity index (χ4n) is 6.27. The first-order chi connectivity index (χ1) is 25.8. The van der Waals surface area contributed by atoms with E-state index in [1.54, 1.807) is 58.9 Å². The van der Waals surface area contributed by atoms with E-state index < -0.39 is 0 Å². The summed E-state index contributed by atoms with van der Waals surface area (Å²) in [4.78, 5) is 18.2. The normalized spacial score (nSPS) is 11.0. The van der Waals surface area contributed by atoms with Gasteiger partial charge < -0.3 is 28.6 Å². The molecule has 10 rings (SSSR count). The molecule has 8 heterocycles. The van der Waals surface area contributed by atoms with Crippen molar-refractivity contribution in [3.05, 3.63) is 159 Å². The topological polar surface area (TPSA) is 116 Å². The van der Waals surface area contributed by atoms with Gasteiger partial charge in [-0.1, -0.05) is 46.3 Å². The van der Waals surface area contributed by atoms with Gasteiger partial charge in [-0.25, -0.2) is 9.97 Å². The molecule has 0 aliphatic heterocycles. The Bertz CT molecular complexity index is 2660. The second-order valence-electron chi connectivity index (χ2n) is 11.6. The third-order valence-electron chi connectivity index (χ3n) is 8.40. The van der Waals surface area contributed by atoms with Crippen molar-refractivity contribution in [2.24, 2.45) is 0 Å². The fourth-order valence-corrected chi connectivity index (χ4v) is 6.27. The van der Waals surface area contributed by atoms with Crippen molar-refractivity contribution >= 4 is 32.8 Å². The van der Waals surface area contributed by atoms with E-state index >= 15 is 0 Å². The summed E-state index contributed by atoms with van der Waals surface area (Å²) in [6, 6.07) is 36.6. The van der Waals surface area contributed by atoms with E-state index in [-0.39, 0.29) is 42.1 Å². The third kappa shape index (κ3) is 6.19. The molecule has 0 bridgehead atoms. The van der Waals surface area contributed by atoms with Crippen LogP contribution in [-0.2, 0) is 42.1 Å². The van der Waals surface area contributed by atoms with Crippen molar-refractivity contribution < 1.29 is 51.6 Å². The van der Waals surface area contributed by atoms with Gasteiger partial charge in [0.15, 0.2) is 0 Å². The van der Waals surface area contributed by atoms with E-state index in [2.05, 4.69) is 53.6 Å². The average Bonchev–Trinajstić information content (AvgIpc) is 4.02. The number of rotatable bonds is 8. The molecule has 0 saturated heterocycles. The van der Waals surface area contributed by atoms with Crippen LogP contribution in [0.25, 0.3) is 55.8 Å². The summed E-state index contributed by atoms with van der Waals surface area (Å²) in [5.74, 6) is 3.24. The average molecular weight is 1060 g/mol. The summed E-state index contributed by atoms with van der Waals surface area (Å²) in [6.07, 6.45) is 17.2. The van der Waals surface area contributed by atoms with E-state index in [1.807, 2.05) is 85.2 Å². The Hall–Kier alpha value is -6.22. The van der Waals surface area contributed by atoms with Gasteiger partial charge in [0.2, 0.25) is 0 Å². The zero-order valence-electron chi connectivity index (χ0n) is 27.6. The van der Waals surface area contributed by atoms with Crippen molar-refractivity contribution in [2.45, 2.75) is 0 Å². The maximum Gasteiger partial charge on any atom is 2.00 e.